The summed E-state index contributed by atoms with van der Waals surface area (Å²) < 4.78 is 25.5. The monoisotopic (exact) mass is 339 g/mol. The molecule has 3 rings (SSSR count). The van der Waals surface area contributed by atoms with E-state index in [9.17, 15) is 8.42 Å². The van der Waals surface area contributed by atoms with Crippen LogP contribution in [0.15, 0.2) is 70.7 Å². The molecule has 2 aromatic carbocycles. The summed E-state index contributed by atoms with van der Waals surface area (Å²) in [6.45, 7) is 0. The first-order chi connectivity index (χ1) is 11.5. The van der Waals surface area contributed by atoms with Crippen molar-refractivity contribution in [3.05, 3.63) is 66.4 Å². The molecule has 1 heterocycles. The minimum atomic E-state index is -3.46. The molecule has 0 radical (unpaired) electrons. The molecule has 0 spiro atoms. The molecule has 0 unspecified atom stereocenters. The third-order valence-electron chi connectivity index (χ3n) is 3.59. The lowest BCUT2D eigenvalue weighted by Gasteiger charge is -2.11. The van der Waals surface area contributed by atoms with Gasteiger partial charge in [-0.15, -0.1) is 0 Å². The lowest BCUT2D eigenvalue weighted by molar-refractivity contribution is 0.521. The van der Waals surface area contributed by atoms with Crippen LogP contribution in [-0.2, 0) is 10.0 Å². The summed E-state index contributed by atoms with van der Waals surface area (Å²) in [5.41, 5.74) is 2.44. The maximum Gasteiger partial charge on any atom is 0.242 e. The zero-order valence-electron chi connectivity index (χ0n) is 13.4. The van der Waals surface area contributed by atoms with Crippen molar-refractivity contribution in [3.63, 3.8) is 0 Å². The minimum Gasteiger partial charge on any atom is -0.256 e. The Bertz CT molecular complexity index is 1010. The van der Waals surface area contributed by atoms with Crippen LogP contribution in [0.4, 0.5) is 5.69 Å². The molecule has 0 saturated heterocycles. The lowest BCUT2D eigenvalue weighted by Crippen LogP contribution is -2.22. The zero-order chi connectivity index (χ0) is 17.2. The van der Waals surface area contributed by atoms with Gasteiger partial charge in [-0.3, -0.25) is 9.98 Å². The van der Waals surface area contributed by atoms with Gasteiger partial charge in [-0.25, -0.2) is 12.7 Å². The van der Waals surface area contributed by atoms with Crippen LogP contribution in [0.1, 0.15) is 5.56 Å². The first-order valence-corrected chi connectivity index (χ1v) is 8.82. The quantitative estimate of drug-likeness (QED) is 0.686. The van der Waals surface area contributed by atoms with E-state index in [2.05, 4.69) is 9.98 Å². The van der Waals surface area contributed by atoms with Crippen LogP contribution >= 0.6 is 0 Å². The van der Waals surface area contributed by atoms with Crippen molar-refractivity contribution in [2.24, 2.45) is 4.99 Å². The molecule has 0 amide bonds. The maximum absolute atomic E-state index is 12.2. The smallest absolute Gasteiger partial charge is 0.242 e. The Morgan fingerprint density at radius 3 is 2.67 bits per heavy atom. The van der Waals surface area contributed by atoms with E-state index < -0.39 is 10.0 Å². The summed E-state index contributed by atoms with van der Waals surface area (Å²) in [5, 5.41) is 1.03. The molecule has 0 N–H and O–H groups in total. The summed E-state index contributed by atoms with van der Waals surface area (Å²) in [6, 6.07) is 16.3. The fraction of sp³-hybridized carbons (Fsp3) is 0.111. The molecule has 0 bridgehead atoms. The van der Waals surface area contributed by atoms with E-state index in [1.54, 1.807) is 36.7 Å². The Balaban J connectivity index is 1.91. The third-order valence-corrected chi connectivity index (χ3v) is 5.40. The zero-order valence-corrected chi connectivity index (χ0v) is 14.2. The van der Waals surface area contributed by atoms with E-state index in [1.807, 2.05) is 30.3 Å². The minimum absolute atomic E-state index is 0.227. The van der Waals surface area contributed by atoms with Crippen molar-refractivity contribution in [3.8, 4) is 0 Å². The van der Waals surface area contributed by atoms with Crippen molar-refractivity contribution in [1.82, 2.24) is 9.29 Å². The van der Waals surface area contributed by atoms with E-state index in [0.717, 1.165) is 16.5 Å². The van der Waals surface area contributed by atoms with E-state index in [-0.39, 0.29) is 4.90 Å². The number of aromatic nitrogens is 1. The SMILES string of the molecule is CN(C)S(=O)(=O)c1cccc(N=Cc2ccc3ncccc3c2)c1. The average Bonchev–Trinajstić information content (AvgIpc) is 2.60. The molecule has 1 aromatic heterocycles. The molecule has 122 valence electrons. The standard InChI is InChI=1S/C18H17N3O2S/c1-21(2)24(22,23)17-7-3-6-16(12-17)20-13-14-8-9-18-15(11-14)5-4-10-19-18/h3-13H,1-2H3. The molecule has 0 aliphatic carbocycles. The van der Waals surface area contributed by atoms with Crippen molar-refractivity contribution in [1.29, 1.82) is 0 Å². The van der Waals surface area contributed by atoms with Gasteiger partial charge in [0.2, 0.25) is 10.0 Å². The molecule has 0 saturated carbocycles. The van der Waals surface area contributed by atoms with Crippen LogP contribution in [0.2, 0.25) is 0 Å². The Kier molecular flexibility index (Phi) is 4.42. The van der Waals surface area contributed by atoms with Crippen LogP contribution in [0.25, 0.3) is 10.9 Å². The Labute approximate surface area is 141 Å². The number of benzene rings is 2. The normalized spacial score (nSPS) is 12.3. The molecular formula is C18H17N3O2S. The number of hydrogen-bond donors (Lipinski definition) is 0. The maximum atomic E-state index is 12.2. The summed E-state index contributed by atoms with van der Waals surface area (Å²) in [5.74, 6) is 0. The number of fused-ring (bicyclic) bond motifs is 1. The lowest BCUT2D eigenvalue weighted by atomic mass is 10.1. The molecule has 0 aliphatic heterocycles. The highest BCUT2D eigenvalue weighted by atomic mass is 32.2. The Hall–Kier alpha value is -2.57. The van der Waals surface area contributed by atoms with Crippen LogP contribution in [0.5, 0.6) is 0 Å². The van der Waals surface area contributed by atoms with E-state index in [1.165, 1.54) is 18.4 Å². The Morgan fingerprint density at radius 1 is 1.04 bits per heavy atom. The van der Waals surface area contributed by atoms with E-state index in [0.29, 0.717) is 5.69 Å². The third kappa shape index (κ3) is 3.34. The second-order valence-electron chi connectivity index (χ2n) is 5.50. The van der Waals surface area contributed by atoms with Crippen LogP contribution in [0.3, 0.4) is 0 Å². The average molecular weight is 339 g/mol. The first-order valence-electron chi connectivity index (χ1n) is 7.38. The van der Waals surface area contributed by atoms with Crippen LogP contribution in [-0.4, -0.2) is 38.0 Å². The molecule has 3 aromatic rings. The molecule has 0 atom stereocenters. The van der Waals surface area contributed by atoms with Gasteiger partial charge >= 0.3 is 0 Å². The van der Waals surface area contributed by atoms with Gasteiger partial charge in [0.25, 0.3) is 0 Å². The first kappa shape index (κ1) is 16.3. The predicted octanol–water partition coefficient (Wildman–Crippen LogP) is 3.24. The van der Waals surface area contributed by atoms with Gasteiger partial charge < -0.3 is 0 Å². The molecular weight excluding hydrogens is 322 g/mol. The van der Waals surface area contributed by atoms with Gasteiger partial charge in [-0.1, -0.05) is 18.2 Å². The highest BCUT2D eigenvalue weighted by Crippen LogP contribution is 2.20. The number of hydrogen-bond acceptors (Lipinski definition) is 4. The van der Waals surface area contributed by atoms with Crippen LogP contribution in [0, 0.1) is 0 Å². The van der Waals surface area contributed by atoms with Crippen molar-refractivity contribution in [2.75, 3.05) is 14.1 Å². The number of pyridine rings is 1. The second-order valence-corrected chi connectivity index (χ2v) is 7.65. The van der Waals surface area contributed by atoms with Gasteiger partial charge in [0.15, 0.2) is 0 Å². The molecule has 6 heteroatoms. The second kappa shape index (κ2) is 6.51. The van der Waals surface area contributed by atoms with Gasteiger partial charge in [0, 0.05) is 31.9 Å². The number of nitrogens with zero attached hydrogens (tertiary/aromatic N) is 3. The van der Waals surface area contributed by atoms with Crippen LogP contribution < -0.4 is 0 Å². The van der Waals surface area contributed by atoms with Crippen molar-refractivity contribution in [2.45, 2.75) is 4.90 Å². The fourth-order valence-electron chi connectivity index (χ4n) is 2.26. The van der Waals surface area contributed by atoms with Gasteiger partial charge in [-0.05, 0) is 42.0 Å². The summed E-state index contributed by atoms with van der Waals surface area (Å²) in [7, 11) is -0.443. The number of rotatable bonds is 4. The van der Waals surface area contributed by atoms with Crippen molar-refractivity contribution < 1.29 is 8.42 Å². The molecule has 5 nitrogen and oxygen atoms in total. The number of aliphatic imine (C=N–C) groups is 1. The van der Waals surface area contributed by atoms with Gasteiger partial charge in [0.1, 0.15) is 0 Å². The summed E-state index contributed by atoms with van der Waals surface area (Å²) in [4.78, 5) is 8.90. The van der Waals surface area contributed by atoms with E-state index >= 15 is 0 Å². The summed E-state index contributed by atoms with van der Waals surface area (Å²) in [6.07, 6.45) is 3.47. The molecule has 24 heavy (non-hydrogen) atoms. The van der Waals surface area contributed by atoms with E-state index in [4.69, 9.17) is 0 Å². The Morgan fingerprint density at radius 2 is 1.88 bits per heavy atom. The molecule has 0 fully saturated rings. The summed E-state index contributed by atoms with van der Waals surface area (Å²) >= 11 is 0. The highest BCUT2D eigenvalue weighted by molar-refractivity contribution is 7.89. The van der Waals surface area contributed by atoms with Gasteiger partial charge in [0.05, 0.1) is 16.1 Å². The topological polar surface area (TPSA) is 62.6 Å². The van der Waals surface area contributed by atoms with Crippen molar-refractivity contribution >= 4 is 32.8 Å². The number of sulfonamides is 1. The van der Waals surface area contributed by atoms with Gasteiger partial charge in [-0.2, -0.15) is 0 Å². The molecule has 0 aliphatic rings. The predicted molar refractivity (Wildman–Crippen MR) is 96.3 cm³/mol. The fourth-order valence-corrected chi connectivity index (χ4v) is 3.20. The largest absolute Gasteiger partial charge is 0.256 e. The highest BCUT2D eigenvalue weighted by Gasteiger charge is 2.16.